The Morgan fingerprint density at radius 1 is 1.14 bits per heavy atom. The molecular weight excluding hydrogens is 381 g/mol. The van der Waals surface area contributed by atoms with Gasteiger partial charge in [-0.05, 0) is 24.3 Å². The third-order valence-electron chi connectivity index (χ3n) is 3.50. The molecule has 7 nitrogen and oxygen atoms in total. The van der Waals surface area contributed by atoms with E-state index in [0.29, 0.717) is 16.5 Å². The van der Waals surface area contributed by atoms with Crippen molar-refractivity contribution in [1.82, 2.24) is 10.4 Å². The van der Waals surface area contributed by atoms with E-state index in [1.165, 1.54) is 30.2 Å². The van der Waals surface area contributed by atoms with Gasteiger partial charge in [0.25, 0.3) is 0 Å². The fourth-order valence-corrected chi connectivity index (χ4v) is 3.15. The van der Waals surface area contributed by atoms with Gasteiger partial charge in [-0.2, -0.15) is 5.10 Å². The lowest BCUT2D eigenvalue weighted by Gasteiger charge is -2.18. The quantitative estimate of drug-likeness (QED) is 0.501. The Hall–Kier alpha value is -3.59. The number of anilines is 3. The molecule has 1 heterocycles. The van der Waals surface area contributed by atoms with Gasteiger partial charge < -0.3 is 5.32 Å². The van der Waals surface area contributed by atoms with Crippen molar-refractivity contribution in [3.05, 3.63) is 71.5 Å². The van der Waals surface area contributed by atoms with E-state index in [-0.39, 0.29) is 11.6 Å². The van der Waals surface area contributed by atoms with Crippen molar-refractivity contribution in [3.8, 4) is 0 Å². The van der Waals surface area contributed by atoms with Gasteiger partial charge in [0, 0.05) is 18.0 Å². The highest BCUT2D eigenvalue weighted by Gasteiger charge is 2.20. The number of nitrogens with zero attached hydrogens (tertiary/aromatic N) is 3. The largest absolute Gasteiger partial charge is 0.339 e. The third kappa shape index (κ3) is 4.77. The number of hydrogen-bond acceptors (Lipinski definition) is 5. The van der Waals surface area contributed by atoms with Crippen molar-refractivity contribution in [1.29, 1.82) is 0 Å². The van der Waals surface area contributed by atoms with Crippen LogP contribution >= 0.6 is 11.3 Å². The molecule has 9 heteroatoms. The van der Waals surface area contributed by atoms with Crippen LogP contribution in [0, 0.1) is 5.82 Å². The summed E-state index contributed by atoms with van der Waals surface area (Å²) in [5.41, 5.74) is 3.50. The zero-order chi connectivity index (χ0) is 19.9. The molecule has 0 fully saturated rings. The van der Waals surface area contributed by atoms with Crippen LogP contribution in [-0.4, -0.2) is 23.1 Å². The van der Waals surface area contributed by atoms with Crippen molar-refractivity contribution < 1.29 is 14.0 Å². The second-order valence-corrected chi connectivity index (χ2v) is 6.39. The van der Waals surface area contributed by atoms with Gasteiger partial charge in [-0.25, -0.2) is 19.6 Å². The van der Waals surface area contributed by atoms with Gasteiger partial charge in [-0.15, -0.1) is 11.3 Å². The summed E-state index contributed by atoms with van der Waals surface area (Å²) in [6.45, 7) is 1.33. The fourth-order valence-electron chi connectivity index (χ4n) is 2.32. The molecule has 0 aliphatic rings. The summed E-state index contributed by atoms with van der Waals surface area (Å²) in [7, 11) is 0. The molecular formula is C19H16FN5O2S. The molecule has 2 N–H and O–H groups in total. The monoisotopic (exact) mass is 397 g/mol. The maximum atomic E-state index is 14.1. The number of hydrogen-bond donors (Lipinski definition) is 2. The number of nitrogens with one attached hydrogen (secondary N) is 2. The van der Waals surface area contributed by atoms with E-state index in [9.17, 15) is 14.0 Å². The lowest BCUT2D eigenvalue weighted by molar-refractivity contribution is -0.115. The van der Waals surface area contributed by atoms with E-state index in [1.807, 2.05) is 6.07 Å². The summed E-state index contributed by atoms with van der Waals surface area (Å²) in [4.78, 5) is 29.2. The number of carbonyl (C=O) groups excluding carboxylic acids is 2. The topological polar surface area (TPSA) is 86.7 Å². The van der Waals surface area contributed by atoms with Gasteiger partial charge in [0.15, 0.2) is 5.13 Å². The van der Waals surface area contributed by atoms with Crippen molar-refractivity contribution >= 4 is 46.0 Å². The van der Waals surface area contributed by atoms with Crippen LogP contribution in [0.3, 0.4) is 0 Å². The molecule has 142 valence electrons. The lowest BCUT2D eigenvalue weighted by Crippen LogP contribution is -2.24. The predicted molar refractivity (Wildman–Crippen MR) is 108 cm³/mol. The summed E-state index contributed by atoms with van der Waals surface area (Å²) in [6.07, 6.45) is 1.34. The molecule has 3 rings (SSSR count). The number of hydrazone groups is 1. The van der Waals surface area contributed by atoms with Crippen LogP contribution in [0.5, 0.6) is 0 Å². The maximum Gasteiger partial charge on any atom is 0.339 e. The van der Waals surface area contributed by atoms with Crippen LogP contribution in [0.25, 0.3) is 0 Å². The SMILES string of the molecule is CC(=O)N(c1nc(/C=N\NC(=O)Nc2ccccc2)cs1)c1ccccc1F. The molecule has 2 aromatic carbocycles. The van der Waals surface area contributed by atoms with E-state index in [1.54, 1.807) is 41.8 Å². The Balaban J connectivity index is 1.67. The smallest absolute Gasteiger partial charge is 0.307 e. The maximum absolute atomic E-state index is 14.1. The lowest BCUT2D eigenvalue weighted by atomic mass is 10.3. The van der Waals surface area contributed by atoms with Gasteiger partial charge in [-0.1, -0.05) is 30.3 Å². The first-order valence-corrected chi connectivity index (χ1v) is 9.08. The Labute approximate surface area is 164 Å². The highest BCUT2D eigenvalue weighted by Crippen LogP contribution is 2.30. The summed E-state index contributed by atoms with van der Waals surface area (Å²) in [5.74, 6) is -0.898. The molecule has 0 saturated carbocycles. The average Bonchev–Trinajstić information content (AvgIpc) is 3.12. The van der Waals surface area contributed by atoms with Gasteiger partial charge in [0.05, 0.1) is 17.6 Å². The van der Waals surface area contributed by atoms with Crippen LogP contribution in [0.1, 0.15) is 12.6 Å². The van der Waals surface area contributed by atoms with E-state index >= 15 is 0 Å². The molecule has 28 heavy (non-hydrogen) atoms. The standard InChI is InChI=1S/C19H16FN5O2S/c1-13(26)25(17-10-6-5-9-16(17)20)19-23-15(12-28-19)11-21-24-18(27)22-14-7-3-2-4-8-14/h2-12H,1H3,(H2,22,24,27)/b21-11-. The molecule has 3 aromatic rings. The molecule has 0 saturated heterocycles. The molecule has 0 unspecified atom stereocenters. The number of aromatic nitrogens is 1. The number of halogens is 1. The molecule has 0 aliphatic heterocycles. The van der Waals surface area contributed by atoms with Gasteiger partial charge >= 0.3 is 6.03 Å². The van der Waals surface area contributed by atoms with E-state index in [2.05, 4.69) is 20.8 Å². The fraction of sp³-hybridized carbons (Fsp3) is 0.0526. The number of thiazole rings is 1. The van der Waals surface area contributed by atoms with Crippen LogP contribution in [-0.2, 0) is 4.79 Å². The van der Waals surface area contributed by atoms with Crippen molar-refractivity contribution in [2.45, 2.75) is 6.92 Å². The third-order valence-corrected chi connectivity index (χ3v) is 4.35. The zero-order valence-corrected chi connectivity index (χ0v) is 15.6. The zero-order valence-electron chi connectivity index (χ0n) is 14.8. The summed E-state index contributed by atoms with van der Waals surface area (Å²) < 4.78 is 14.1. The Morgan fingerprint density at radius 3 is 2.57 bits per heavy atom. The van der Waals surface area contributed by atoms with Crippen LogP contribution in [0.15, 0.2) is 65.1 Å². The van der Waals surface area contributed by atoms with Crippen LogP contribution in [0.4, 0.5) is 25.7 Å². The van der Waals surface area contributed by atoms with E-state index in [0.717, 1.165) is 11.3 Å². The minimum atomic E-state index is -0.526. The number of amides is 3. The molecule has 0 bridgehead atoms. The first-order valence-electron chi connectivity index (χ1n) is 8.20. The molecule has 1 aromatic heterocycles. The first-order chi connectivity index (χ1) is 13.5. The minimum Gasteiger partial charge on any atom is -0.307 e. The number of rotatable bonds is 5. The number of para-hydroxylation sites is 2. The Bertz CT molecular complexity index is 1010. The second kappa shape index (κ2) is 8.87. The van der Waals surface area contributed by atoms with E-state index in [4.69, 9.17) is 0 Å². The highest BCUT2D eigenvalue weighted by molar-refractivity contribution is 7.14. The van der Waals surface area contributed by atoms with Gasteiger partial charge in [-0.3, -0.25) is 9.69 Å². The Kier molecular flexibility index (Phi) is 6.07. The van der Waals surface area contributed by atoms with Gasteiger partial charge in [0.1, 0.15) is 5.82 Å². The van der Waals surface area contributed by atoms with Crippen LogP contribution in [0.2, 0.25) is 0 Å². The summed E-state index contributed by atoms with van der Waals surface area (Å²) >= 11 is 1.16. The van der Waals surface area contributed by atoms with Crippen molar-refractivity contribution in [3.63, 3.8) is 0 Å². The minimum absolute atomic E-state index is 0.119. The molecule has 0 spiro atoms. The van der Waals surface area contributed by atoms with Crippen molar-refractivity contribution in [2.24, 2.45) is 5.10 Å². The Morgan fingerprint density at radius 2 is 1.86 bits per heavy atom. The summed E-state index contributed by atoms with van der Waals surface area (Å²) in [5, 5.41) is 8.39. The molecule has 0 atom stereocenters. The average molecular weight is 397 g/mol. The molecule has 0 aliphatic carbocycles. The number of benzene rings is 2. The van der Waals surface area contributed by atoms with E-state index < -0.39 is 11.8 Å². The highest BCUT2D eigenvalue weighted by atomic mass is 32.1. The number of carbonyl (C=O) groups is 2. The normalized spacial score (nSPS) is 10.6. The van der Waals surface area contributed by atoms with Crippen molar-refractivity contribution in [2.75, 3.05) is 10.2 Å². The number of urea groups is 1. The summed E-state index contributed by atoms with van der Waals surface area (Å²) in [6, 6.07) is 14.4. The predicted octanol–water partition coefficient (Wildman–Crippen LogP) is 4.12. The molecule has 3 amide bonds. The first kappa shape index (κ1) is 19.2. The molecule has 0 radical (unpaired) electrons. The van der Waals surface area contributed by atoms with Gasteiger partial charge in [0.2, 0.25) is 5.91 Å². The van der Waals surface area contributed by atoms with Crippen LogP contribution < -0.4 is 15.6 Å². The second-order valence-electron chi connectivity index (χ2n) is 5.55.